The summed E-state index contributed by atoms with van der Waals surface area (Å²) < 4.78 is 0. The van der Waals surface area contributed by atoms with E-state index in [2.05, 4.69) is 20.9 Å². The van der Waals surface area contributed by atoms with Gasteiger partial charge in [0.15, 0.2) is 5.96 Å². The van der Waals surface area contributed by atoms with Gasteiger partial charge in [-0.25, -0.2) is 0 Å². The molecule has 0 unspecified atom stereocenters. The molecule has 1 amide bonds. The molecule has 0 heterocycles. The van der Waals surface area contributed by atoms with Gasteiger partial charge in [0.2, 0.25) is 5.91 Å². The summed E-state index contributed by atoms with van der Waals surface area (Å²) in [5.74, 6) is 1.63. The van der Waals surface area contributed by atoms with Gasteiger partial charge in [0.1, 0.15) is 0 Å². The predicted molar refractivity (Wildman–Crippen MR) is 96.0 cm³/mol. The normalized spacial score (nSPS) is 14.4. The Hall–Kier alpha value is -1.75. The molecule has 1 aromatic carbocycles. The summed E-state index contributed by atoms with van der Waals surface area (Å²) in [6.07, 6.45) is 3.83. The Morgan fingerprint density at radius 2 is 2.00 bits per heavy atom. The number of amides is 1. The summed E-state index contributed by atoms with van der Waals surface area (Å²) in [5, 5.41) is 10.0. The Bertz CT molecular complexity index is 526. The van der Waals surface area contributed by atoms with Gasteiger partial charge in [-0.3, -0.25) is 9.79 Å². The molecule has 126 valence electrons. The first-order valence-corrected chi connectivity index (χ1v) is 8.62. The molecule has 1 aliphatic carbocycles. The average Bonchev–Trinajstić information content (AvgIpc) is 3.35. The van der Waals surface area contributed by atoms with E-state index in [-0.39, 0.29) is 5.91 Å². The molecule has 1 fully saturated rings. The van der Waals surface area contributed by atoms with Crippen LogP contribution in [0.4, 0.5) is 5.69 Å². The molecule has 0 bridgehead atoms. The van der Waals surface area contributed by atoms with Crippen molar-refractivity contribution < 1.29 is 4.79 Å². The van der Waals surface area contributed by atoms with Crippen LogP contribution < -0.4 is 16.0 Å². The molecule has 0 aromatic heterocycles. The minimum absolute atomic E-state index is 0.00837. The molecule has 0 spiro atoms. The van der Waals surface area contributed by atoms with E-state index in [4.69, 9.17) is 11.6 Å². The van der Waals surface area contributed by atoms with E-state index in [9.17, 15) is 4.79 Å². The number of benzene rings is 1. The Labute approximate surface area is 142 Å². The van der Waals surface area contributed by atoms with Crippen molar-refractivity contribution in [3.05, 3.63) is 29.3 Å². The van der Waals surface area contributed by atoms with Crippen LogP contribution in [-0.2, 0) is 4.79 Å². The lowest BCUT2D eigenvalue weighted by atomic mass is 10.2. The summed E-state index contributed by atoms with van der Waals surface area (Å²) in [5.41, 5.74) is 0.770. The fourth-order valence-electron chi connectivity index (χ4n) is 2.08. The zero-order valence-electron chi connectivity index (χ0n) is 13.6. The van der Waals surface area contributed by atoms with Gasteiger partial charge in [-0.15, -0.1) is 0 Å². The van der Waals surface area contributed by atoms with Gasteiger partial charge in [0.25, 0.3) is 0 Å². The molecule has 1 saturated carbocycles. The van der Waals surface area contributed by atoms with Crippen molar-refractivity contribution in [2.45, 2.75) is 32.6 Å². The minimum atomic E-state index is 0.00837. The molecule has 3 N–H and O–H groups in total. The third kappa shape index (κ3) is 7.37. The van der Waals surface area contributed by atoms with Gasteiger partial charge in [0, 0.05) is 36.8 Å². The first-order valence-electron chi connectivity index (χ1n) is 8.25. The van der Waals surface area contributed by atoms with Crippen LogP contribution in [0.25, 0.3) is 0 Å². The van der Waals surface area contributed by atoms with Crippen molar-refractivity contribution in [2.24, 2.45) is 10.9 Å². The third-order valence-corrected chi connectivity index (χ3v) is 3.80. The minimum Gasteiger partial charge on any atom is -0.357 e. The number of carbonyl (C=O) groups excluding carboxylic acids is 1. The molecule has 23 heavy (non-hydrogen) atoms. The van der Waals surface area contributed by atoms with Crippen LogP contribution in [0, 0.1) is 5.92 Å². The van der Waals surface area contributed by atoms with Crippen LogP contribution in [-0.4, -0.2) is 31.5 Å². The van der Waals surface area contributed by atoms with Gasteiger partial charge in [0.05, 0.1) is 0 Å². The lowest BCUT2D eigenvalue weighted by molar-refractivity contribution is -0.116. The van der Waals surface area contributed by atoms with Crippen LogP contribution in [0.5, 0.6) is 0 Å². The highest BCUT2D eigenvalue weighted by Crippen LogP contribution is 2.28. The maximum absolute atomic E-state index is 11.9. The molecular weight excluding hydrogens is 312 g/mol. The molecule has 0 saturated heterocycles. The van der Waals surface area contributed by atoms with Crippen LogP contribution in [0.3, 0.4) is 0 Å². The zero-order valence-corrected chi connectivity index (χ0v) is 14.3. The van der Waals surface area contributed by atoms with E-state index in [1.807, 2.05) is 6.92 Å². The summed E-state index contributed by atoms with van der Waals surface area (Å²) in [7, 11) is 0. The van der Waals surface area contributed by atoms with Gasteiger partial charge in [-0.05, 0) is 56.4 Å². The number of guanidine groups is 1. The van der Waals surface area contributed by atoms with Crippen LogP contribution in [0.2, 0.25) is 5.02 Å². The van der Waals surface area contributed by atoms with E-state index in [0.717, 1.165) is 43.6 Å². The predicted octanol–water partition coefficient (Wildman–Crippen LogP) is 3.02. The quantitative estimate of drug-likeness (QED) is 0.388. The summed E-state index contributed by atoms with van der Waals surface area (Å²) in [4.78, 5) is 16.4. The molecule has 5 nitrogen and oxygen atoms in total. The second kappa shape index (κ2) is 9.40. The number of aliphatic imine (C=N–C) groups is 1. The van der Waals surface area contributed by atoms with Crippen molar-refractivity contribution in [1.82, 2.24) is 10.6 Å². The highest BCUT2D eigenvalue weighted by molar-refractivity contribution is 6.30. The lowest BCUT2D eigenvalue weighted by Crippen LogP contribution is -2.38. The number of rotatable bonds is 8. The van der Waals surface area contributed by atoms with E-state index in [1.54, 1.807) is 24.3 Å². The third-order valence-electron chi connectivity index (χ3n) is 3.55. The fourth-order valence-corrected chi connectivity index (χ4v) is 2.20. The Morgan fingerprint density at radius 1 is 1.26 bits per heavy atom. The van der Waals surface area contributed by atoms with Crippen LogP contribution >= 0.6 is 11.6 Å². The van der Waals surface area contributed by atoms with Gasteiger partial charge in [-0.1, -0.05) is 11.6 Å². The number of nitrogens with zero attached hydrogens (tertiary/aromatic N) is 1. The number of nitrogens with one attached hydrogen (secondary N) is 3. The highest BCUT2D eigenvalue weighted by Gasteiger charge is 2.20. The molecule has 1 aliphatic rings. The van der Waals surface area contributed by atoms with E-state index >= 15 is 0 Å². The summed E-state index contributed by atoms with van der Waals surface area (Å²) in [6, 6.07) is 7.12. The molecule has 2 rings (SSSR count). The SMILES string of the molecule is CCNC(=NCC1CC1)NCCCC(=O)Nc1ccc(Cl)cc1. The smallest absolute Gasteiger partial charge is 0.224 e. The van der Waals surface area contributed by atoms with E-state index < -0.39 is 0 Å². The second-order valence-electron chi connectivity index (χ2n) is 5.75. The molecule has 0 atom stereocenters. The molecule has 0 radical (unpaired) electrons. The number of hydrogen-bond donors (Lipinski definition) is 3. The van der Waals surface area contributed by atoms with Crippen molar-refractivity contribution in [3.8, 4) is 0 Å². The Balaban J connectivity index is 1.63. The standard InChI is InChI=1S/C17H25ClN4O/c1-2-19-17(21-12-13-5-6-13)20-11-3-4-16(23)22-15-9-7-14(18)8-10-15/h7-10,13H,2-6,11-12H2,1H3,(H,22,23)(H2,19,20,21). The molecule has 0 aliphatic heterocycles. The van der Waals surface area contributed by atoms with Crippen molar-refractivity contribution in [3.63, 3.8) is 0 Å². The number of halogens is 1. The zero-order chi connectivity index (χ0) is 16.5. The van der Waals surface area contributed by atoms with E-state index in [1.165, 1.54) is 12.8 Å². The van der Waals surface area contributed by atoms with Gasteiger partial charge >= 0.3 is 0 Å². The largest absolute Gasteiger partial charge is 0.357 e. The first-order chi connectivity index (χ1) is 11.2. The average molecular weight is 337 g/mol. The monoisotopic (exact) mass is 336 g/mol. The van der Waals surface area contributed by atoms with Crippen LogP contribution in [0.15, 0.2) is 29.3 Å². The Kier molecular flexibility index (Phi) is 7.20. The van der Waals surface area contributed by atoms with Crippen molar-refractivity contribution >= 4 is 29.2 Å². The number of anilines is 1. The second-order valence-corrected chi connectivity index (χ2v) is 6.18. The van der Waals surface area contributed by atoms with Crippen molar-refractivity contribution in [2.75, 3.05) is 25.0 Å². The first kappa shape index (κ1) is 17.6. The molecule has 1 aromatic rings. The molecule has 6 heteroatoms. The maximum Gasteiger partial charge on any atom is 0.224 e. The summed E-state index contributed by atoms with van der Waals surface area (Å²) in [6.45, 7) is 4.51. The molecular formula is C17H25ClN4O. The van der Waals surface area contributed by atoms with Gasteiger partial charge < -0.3 is 16.0 Å². The number of carbonyl (C=O) groups is 1. The van der Waals surface area contributed by atoms with Crippen LogP contribution in [0.1, 0.15) is 32.6 Å². The topological polar surface area (TPSA) is 65.5 Å². The van der Waals surface area contributed by atoms with Crippen molar-refractivity contribution in [1.29, 1.82) is 0 Å². The summed E-state index contributed by atoms with van der Waals surface area (Å²) >= 11 is 5.82. The highest BCUT2D eigenvalue weighted by atomic mass is 35.5. The van der Waals surface area contributed by atoms with Gasteiger partial charge in [-0.2, -0.15) is 0 Å². The fraction of sp³-hybridized carbons (Fsp3) is 0.529. The Morgan fingerprint density at radius 3 is 2.65 bits per heavy atom. The lowest BCUT2D eigenvalue weighted by Gasteiger charge is -2.11. The maximum atomic E-state index is 11.9. The van der Waals surface area contributed by atoms with E-state index in [0.29, 0.717) is 11.4 Å². The number of hydrogen-bond acceptors (Lipinski definition) is 2.